The molecule has 0 fully saturated rings. The number of carbonyl (C=O) groups is 2. The van der Waals surface area contributed by atoms with Gasteiger partial charge in [-0.15, -0.1) is 0 Å². The summed E-state index contributed by atoms with van der Waals surface area (Å²) < 4.78 is 5.70. The van der Waals surface area contributed by atoms with Crippen molar-refractivity contribution in [2.75, 3.05) is 11.9 Å². The van der Waals surface area contributed by atoms with E-state index in [1.54, 1.807) is 24.3 Å². The monoisotopic (exact) mass is 370 g/mol. The molecule has 144 valence electrons. The minimum absolute atomic E-state index is 0.120. The highest BCUT2D eigenvalue weighted by Crippen LogP contribution is 2.17. The Morgan fingerprint density at radius 1 is 1.07 bits per heavy atom. The summed E-state index contributed by atoms with van der Waals surface area (Å²) in [6, 6.07) is 16.0. The van der Waals surface area contributed by atoms with Crippen molar-refractivity contribution in [3.63, 3.8) is 0 Å². The van der Waals surface area contributed by atoms with Crippen LogP contribution in [-0.4, -0.2) is 29.6 Å². The SMILES string of the molecule is CCCCNC(CC(=O)Nc1ccc(OCc2ccccc2)cc1)C(=O)O. The van der Waals surface area contributed by atoms with Crippen molar-refractivity contribution < 1.29 is 19.4 Å². The second-order valence-corrected chi connectivity index (χ2v) is 6.25. The van der Waals surface area contributed by atoms with Crippen LogP contribution in [-0.2, 0) is 16.2 Å². The molecule has 0 heterocycles. The van der Waals surface area contributed by atoms with Crippen LogP contribution >= 0.6 is 0 Å². The first-order valence-corrected chi connectivity index (χ1v) is 9.11. The van der Waals surface area contributed by atoms with E-state index in [1.807, 2.05) is 37.3 Å². The summed E-state index contributed by atoms with van der Waals surface area (Å²) in [6.45, 7) is 3.07. The van der Waals surface area contributed by atoms with E-state index >= 15 is 0 Å². The van der Waals surface area contributed by atoms with Crippen LogP contribution in [0.4, 0.5) is 5.69 Å². The number of hydrogen-bond donors (Lipinski definition) is 3. The minimum atomic E-state index is -1.02. The molecule has 0 radical (unpaired) electrons. The summed E-state index contributed by atoms with van der Waals surface area (Å²) in [7, 11) is 0. The van der Waals surface area contributed by atoms with Gasteiger partial charge < -0.3 is 20.5 Å². The van der Waals surface area contributed by atoms with Crippen molar-refractivity contribution in [2.45, 2.75) is 38.8 Å². The Labute approximate surface area is 159 Å². The number of carboxylic acid groups (broad SMARTS) is 1. The van der Waals surface area contributed by atoms with Crippen LogP contribution in [0.1, 0.15) is 31.7 Å². The van der Waals surface area contributed by atoms with Crippen LogP contribution in [0.2, 0.25) is 0 Å². The molecule has 0 saturated carbocycles. The van der Waals surface area contributed by atoms with Gasteiger partial charge in [0.2, 0.25) is 5.91 Å². The summed E-state index contributed by atoms with van der Waals surface area (Å²) in [6.07, 6.45) is 1.71. The number of amides is 1. The Morgan fingerprint density at radius 2 is 1.78 bits per heavy atom. The summed E-state index contributed by atoms with van der Waals surface area (Å²) in [5.74, 6) is -0.670. The number of unbranched alkanes of at least 4 members (excludes halogenated alkanes) is 1. The van der Waals surface area contributed by atoms with Gasteiger partial charge in [0.15, 0.2) is 0 Å². The second-order valence-electron chi connectivity index (χ2n) is 6.25. The van der Waals surface area contributed by atoms with Gasteiger partial charge in [-0.1, -0.05) is 43.7 Å². The molecule has 0 aliphatic rings. The third kappa shape index (κ3) is 7.50. The molecular formula is C21H26N2O4. The van der Waals surface area contributed by atoms with E-state index in [-0.39, 0.29) is 12.3 Å². The number of hydrogen-bond acceptors (Lipinski definition) is 4. The second kappa shape index (κ2) is 11.0. The van der Waals surface area contributed by atoms with Crippen molar-refractivity contribution >= 4 is 17.6 Å². The molecule has 2 aromatic carbocycles. The molecular weight excluding hydrogens is 344 g/mol. The molecule has 1 amide bonds. The van der Waals surface area contributed by atoms with Gasteiger partial charge in [-0.05, 0) is 42.8 Å². The first-order valence-electron chi connectivity index (χ1n) is 9.11. The third-order valence-electron chi connectivity index (χ3n) is 4.00. The topological polar surface area (TPSA) is 87.7 Å². The van der Waals surface area contributed by atoms with Crippen LogP contribution in [0, 0.1) is 0 Å². The van der Waals surface area contributed by atoms with Gasteiger partial charge in [0, 0.05) is 5.69 Å². The van der Waals surface area contributed by atoms with Gasteiger partial charge in [-0.3, -0.25) is 9.59 Å². The number of ether oxygens (including phenoxy) is 1. The molecule has 2 rings (SSSR count). The van der Waals surface area contributed by atoms with E-state index < -0.39 is 12.0 Å². The maximum atomic E-state index is 12.1. The average Bonchev–Trinajstić information content (AvgIpc) is 2.67. The largest absolute Gasteiger partial charge is 0.489 e. The predicted octanol–water partition coefficient (Wildman–Crippen LogP) is 3.44. The fraction of sp³-hybridized carbons (Fsp3) is 0.333. The van der Waals surface area contributed by atoms with Crippen molar-refractivity contribution in [3.8, 4) is 5.75 Å². The number of anilines is 1. The van der Waals surface area contributed by atoms with E-state index in [4.69, 9.17) is 4.74 Å². The van der Waals surface area contributed by atoms with Crippen molar-refractivity contribution in [1.82, 2.24) is 5.32 Å². The van der Waals surface area contributed by atoms with Crippen LogP contribution in [0.25, 0.3) is 0 Å². The molecule has 27 heavy (non-hydrogen) atoms. The summed E-state index contributed by atoms with van der Waals surface area (Å²) >= 11 is 0. The summed E-state index contributed by atoms with van der Waals surface area (Å²) in [5.41, 5.74) is 1.68. The predicted molar refractivity (Wildman–Crippen MR) is 105 cm³/mol. The zero-order valence-electron chi connectivity index (χ0n) is 15.5. The van der Waals surface area contributed by atoms with Gasteiger partial charge in [0.05, 0.1) is 6.42 Å². The van der Waals surface area contributed by atoms with Crippen LogP contribution in [0.5, 0.6) is 5.75 Å². The lowest BCUT2D eigenvalue weighted by molar-refractivity contribution is -0.141. The highest BCUT2D eigenvalue weighted by molar-refractivity contribution is 5.94. The van der Waals surface area contributed by atoms with Gasteiger partial charge in [0.25, 0.3) is 0 Å². The molecule has 1 unspecified atom stereocenters. The molecule has 0 bridgehead atoms. The smallest absolute Gasteiger partial charge is 0.321 e. The van der Waals surface area contributed by atoms with E-state index in [0.717, 1.165) is 18.4 Å². The number of nitrogens with one attached hydrogen (secondary N) is 2. The quantitative estimate of drug-likeness (QED) is 0.528. The Morgan fingerprint density at radius 3 is 2.41 bits per heavy atom. The molecule has 6 nitrogen and oxygen atoms in total. The number of carboxylic acids is 1. The molecule has 0 aromatic heterocycles. The summed E-state index contributed by atoms with van der Waals surface area (Å²) in [4.78, 5) is 23.4. The molecule has 0 saturated heterocycles. The van der Waals surface area contributed by atoms with Crippen molar-refractivity contribution in [3.05, 3.63) is 60.2 Å². The Balaban J connectivity index is 1.82. The Bertz CT molecular complexity index is 717. The lowest BCUT2D eigenvalue weighted by atomic mass is 10.2. The maximum Gasteiger partial charge on any atom is 0.321 e. The first-order chi connectivity index (χ1) is 13.1. The number of aliphatic carboxylic acids is 1. The molecule has 3 N–H and O–H groups in total. The zero-order valence-corrected chi connectivity index (χ0v) is 15.5. The van der Waals surface area contributed by atoms with Crippen molar-refractivity contribution in [2.24, 2.45) is 0 Å². The summed E-state index contributed by atoms with van der Waals surface area (Å²) in [5, 5.41) is 14.8. The fourth-order valence-electron chi connectivity index (χ4n) is 2.47. The highest BCUT2D eigenvalue weighted by atomic mass is 16.5. The third-order valence-corrected chi connectivity index (χ3v) is 4.00. The molecule has 2 aromatic rings. The van der Waals surface area contributed by atoms with Crippen LogP contribution in [0.3, 0.4) is 0 Å². The number of rotatable bonds is 11. The van der Waals surface area contributed by atoms with Gasteiger partial charge in [-0.25, -0.2) is 0 Å². The maximum absolute atomic E-state index is 12.1. The number of benzene rings is 2. The molecule has 6 heteroatoms. The fourth-order valence-corrected chi connectivity index (χ4v) is 2.47. The lowest BCUT2D eigenvalue weighted by Gasteiger charge is -2.14. The average molecular weight is 370 g/mol. The van der Waals surface area contributed by atoms with E-state index in [1.165, 1.54) is 0 Å². The first kappa shape index (κ1) is 20.5. The van der Waals surface area contributed by atoms with Gasteiger partial charge in [-0.2, -0.15) is 0 Å². The van der Waals surface area contributed by atoms with E-state index in [9.17, 15) is 14.7 Å². The van der Waals surface area contributed by atoms with Crippen LogP contribution in [0.15, 0.2) is 54.6 Å². The lowest BCUT2D eigenvalue weighted by Crippen LogP contribution is -2.40. The molecule has 0 aliphatic carbocycles. The Kier molecular flexibility index (Phi) is 8.32. The van der Waals surface area contributed by atoms with Gasteiger partial charge >= 0.3 is 5.97 Å². The Hall–Kier alpha value is -2.86. The van der Waals surface area contributed by atoms with Crippen LogP contribution < -0.4 is 15.4 Å². The highest BCUT2D eigenvalue weighted by Gasteiger charge is 2.20. The zero-order chi connectivity index (χ0) is 19.5. The molecule has 0 aliphatic heterocycles. The van der Waals surface area contributed by atoms with Crippen molar-refractivity contribution in [1.29, 1.82) is 0 Å². The number of carbonyl (C=O) groups excluding carboxylic acids is 1. The molecule has 1 atom stereocenters. The standard InChI is InChI=1S/C21H26N2O4/c1-2-3-13-22-19(21(25)26)14-20(24)23-17-9-11-18(12-10-17)27-15-16-7-5-4-6-8-16/h4-12,19,22H,2-3,13-15H2,1H3,(H,23,24)(H,25,26). The van der Waals surface area contributed by atoms with E-state index in [2.05, 4.69) is 10.6 Å². The van der Waals surface area contributed by atoms with E-state index in [0.29, 0.717) is 24.6 Å². The minimum Gasteiger partial charge on any atom is -0.489 e. The normalized spacial score (nSPS) is 11.6. The molecule has 0 spiro atoms. The van der Waals surface area contributed by atoms with Gasteiger partial charge in [0.1, 0.15) is 18.4 Å².